The van der Waals surface area contributed by atoms with Gasteiger partial charge in [0.15, 0.2) is 0 Å². The SMILES string of the molecule is C1=Cc2cn[nH]c2C=CC1.CC.[HH]. The van der Waals surface area contributed by atoms with E-state index in [0.29, 0.717) is 0 Å². The Morgan fingerprint density at radius 2 is 2.08 bits per heavy atom. The van der Waals surface area contributed by atoms with Crippen LogP contribution in [0.3, 0.4) is 0 Å². The van der Waals surface area contributed by atoms with Crippen molar-refractivity contribution >= 4 is 12.2 Å². The predicted molar refractivity (Wildman–Crippen MR) is 54.7 cm³/mol. The van der Waals surface area contributed by atoms with Gasteiger partial charge >= 0.3 is 0 Å². The van der Waals surface area contributed by atoms with Crippen LogP contribution in [0.15, 0.2) is 18.3 Å². The van der Waals surface area contributed by atoms with Crippen molar-refractivity contribution in [2.75, 3.05) is 0 Å². The van der Waals surface area contributed by atoms with E-state index in [1.165, 1.54) is 5.56 Å². The zero-order valence-electron chi connectivity index (χ0n) is 7.54. The summed E-state index contributed by atoms with van der Waals surface area (Å²) in [6, 6.07) is 0. The van der Waals surface area contributed by atoms with Crippen molar-refractivity contribution in [2.45, 2.75) is 20.3 Å². The molecule has 1 aliphatic carbocycles. The van der Waals surface area contributed by atoms with Gasteiger partial charge in [0.05, 0.1) is 11.9 Å². The molecule has 1 N–H and O–H groups in total. The maximum Gasteiger partial charge on any atom is 0.0647 e. The molecule has 2 nitrogen and oxygen atoms in total. The van der Waals surface area contributed by atoms with Crippen molar-refractivity contribution in [3.05, 3.63) is 29.6 Å². The fraction of sp³-hybridized carbons (Fsp3) is 0.300. The Morgan fingerprint density at radius 1 is 1.33 bits per heavy atom. The van der Waals surface area contributed by atoms with E-state index in [2.05, 4.69) is 34.5 Å². The number of hydrogen-bond donors (Lipinski definition) is 1. The number of rotatable bonds is 0. The molecule has 0 aliphatic heterocycles. The third-order valence-electron chi connectivity index (χ3n) is 1.55. The lowest BCUT2D eigenvalue weighted by Crippen LogP contribution is -1.72. The molecule has 0 atom stereocenters. The smallest absolute Gasteiger partial charge is 0.0647 e. The van der Waals surface area contributed by atoms with Crippen LogP contribution in [0.1, 0.15) is 33.0 Å². The van der Waals surface area contributed by atoms with Gasteiger partial charge in [-0.2, -0.15) is 5.10 Å². The van der Waals surface area contributed by atoms with Crippen molar-refractivity contribution in [1.29, 1.82) is 0 Å². The first-order valence-corrected chi connectivity index (χ1v) is 4.33. The van der Waals surface area contributed by atoms with Gasteiger partial charge in [-0.25, -0.2) is 0 Å². The fourth-order valence-electron chi connectivity index (χ4n) is 1.03. The Labute approximate surface area is 74.5 Å². The van der Waals surface area contributed by atoms with Crippen LogP contribution in [0, 0.1) is 0 Å². The van der Waals surface area contributed by atoms with E-state index in [-0.39, 0.29) is 1.43 Å². The number of fused-ring (bicyclic) bond motifs is 1. The van der Waals surface area contributed by atoms with Crippen LogP contribution < -0.4 is 0 Å². The third kappa shape index (κ3) is 1.84. The van der Waals surface area contributed by atoms with E-state index in [4.69, 9.17) is 0 Å². The highest BCUT2D eigenvalue weighted by Gasteiger charge is 1.98. The minimum absolute atomic E-state index is 0. The molecule has 2 heteroatoms. The average Bonchev–Trinajstić information content (AvgIpc) is 2.46. The topological polar surface area (TPSA) is 28.7 Å². The van der Waals surface area contributed by atoms with Gasteiger partial charge in [-0.05, 0) is 12.5 Å². The first-order chi connectivity index (χ1) is 5.97. The highest BCUT2D eigenvalue weighted by atomic mass is 15.1. The largest absolute Gasteiger partial charge is 0.278 e. The maximum absolute atomic E-state index is 3.92. The van der Waals surface area contributed by atoms with Gasteiger partial charge in [-0.1, -0.05) is 32.1 Å². The summed E-state index contributed by atoms with van der Waals surface area (Å²) in [5.74, 6) is 0. The quantitative estimate of drug-likeness (QED) is 0.627. The molecule has 2 rings (SSSR count). The highest BCUT2D eigenvalue weighted by Crippen LogP contribution is 2.12. The van der Waals surface area contributed by atoms with Gasteiger partial charge in [-0.15, -0.1) is 0 Å². The molecule has 0 saturated heterocycles. The highest BCUT2D eigenvalue weighted by molar-refractivity contribution is 5.63. The van der Waals surface area contributed by atoms with Crippen LogP contribution in [-0.4, -0.2) is 10.2 Å². The van der Waals surface area contributed by atoms with Crippen LogP contribution in [0.2, 0.25) is 0 Å². The summed E-state index contributed by atoms with van der Waals surface area (Å²) in [5.41, 5.74) is 2.28. The van der Waals surface area contributed by atoms with Crippen molar-refractivity contribution < 1.29 is 1.43 Å². The molecular formula is C10H16N2. The summed E-state index contributed by atoms with van der Waals surface area (Å²) in [4.78, 5) is 0. The average molecular weight is 164 g/mol. The van der Waals surface area contributed by atoms with Crippen molar-refractivity contribution in [3.8, 4) is 0 Å². The maximum atomic E-state index is 3.92. The van der Waals surface area contributed by atoms with E-state index in [1.54, 1.807) is 0 Å². The Hall–Kier alpha value is -1.31. The Kier molecular flexibility index (Phi) is 3.33. The van der Waals surface area contributed by atoms with Crippen molar-refractivity contribution in [1.82, 2.24) is 10.2 Å². The molecule has 0 spiro atoms. The molecule has 0 bridgehead atoms. The van der Waals surface area contributed by atoms with Gasteiger partial charge in [0.1, 0.15) is 0 Å². The van der Waals surface area contributed by atoms with Gasteiger partial charge in [0.2, 0.25) is 0 Å². The van der Waals surface area contributed by atoms with Crippen LogP contribution in [0.4, 0.5) is 0 Å². The Morgan fingerprint density at radius 3 is 2.92 bits per heavy atom. The van der Waals surface area contributed by atoms with E-state index in [0.717, 1.165) is 12.1 Å². The molecule has 0 radical (unpaired) electrons. The number of nitrogens with zero attached hydrogens (tertiary/aromatic N) is 1. The van der Waals surface area contributed by atoms with Gasteiger partial charge < -0.3 is 0 Å². The van der Waals surface area contributed by atoms with E-state index in [9.17, 15) is 0 Å². The molecule has 0 unspecified atom stereocenters. The van der Waals surface area contributed by atoms with Gasteiger partial charge in [0.25, 0.3) is 0 Å². The molecular weight excluding hydrogens is 148 g/mol. The van der Waals surface area contributed by atoms with E-state index < -0.39 is 0 Å². The summed E-state index contributed by atoms with van der Waals surface area (Å²) in [6.45, 7) is 4.00. The molecule has 0 saturated carbocycles. The number of nitrogens with one attached hydrogen (secondary N) is 1. The lowest BCUT2D eigenvalue weighted by molar-refractivity contribution is 1.08. The zero-order valence-corrected chi connectivity index (χ0v) is 7.54. The minimum atomic E-state index is 0. The molecule has 12 heavy (non-hydrogen) atoms. The van der Waals surface area contributed by atoms with Gasteiger partial charge in [-0.3, -0.25) is 5.10 Å². The van der Waals surface area contributed by atoms with Crippen molar-refractivity contribution in [3.63, 3.8) is 0 Å². The fourth-order valence-corrected chi connectivity index (χ4v) is 1.03. The monoisotopic (exact) mass is 164 g/mol. The minimum Gasteiger partial charge on any atom is -0.278 e. The number of aromatic nitrogens is 2. The molecule has 1 aliphatic rings. The first kappa shape index (κ1) is 8.78. The second kappa shape index (κ2) is 4.54. The first-order valence-electron chi connectivity index (χ1n) is 4.33. The Bertz CT molecular complexity index is 260. The lowest BCUT2D eigenvalue weighted by Gasteiger charge is -1.83. The summed E-state index contributed by atoms with van der Waals surface area (Å²) < 4.78 is 0. The number of hydrogen-bond acceptors (Lipinski definition) is 1. The molecule has 1 heterocycles. The van der Waals surface area contributed by atoms with Crippen LogP contribution >= 0.6 is 0 Å². The number of allylic oxidation sites excluding steroid dienone is 2. The normalized spacial score (nSPS) is 12.8. The molecule has 0 aromatic carbocycles. The zero-order chi connectivity index (χ0) is 8.81. The van der Waals surface area contributed by atoms with Crippen LogP contribution in [0.5, 0.6) is 0 Å². The molecule has 1 aromatic rings. The standard InChI is InChI=1S/C8H8N2.C2H6.H2/c1-2-4-7-6-9-10-8(7)5-3-1;1-2;/h2-6H,1H2,(H,9,10);1-2H3;1H. The van der Waals surface area contributed by atoms with Crippen LogP contribution in [0.25, 0.3) is 12.2 Å². The summed E-state index contributed by atoms with van der Waals surface area (Å²) >= 11 is 0. The van der Waals surface area contributed by atoms with E-state index >= 15 is 0 Å². The van der Waals surface area contributed by atoms with Crippen LogP contribution in [-0.2, 0) is 0 Å². The molecule has 0 fully saturated rings. The van der Waals surface area contributed by atoms with E-state index in [1.807, 2.05) is 20.0 Å². The number of aromatic amines is 1. The summed E-state index contributed by atoms with van der Waals surface area (Å²) in [6.07, 6.45) is 11.2. The molecule has 0 amide bonds. The Balaban J connectivity index is 0.000000451. The molecule has 1 aromatic heterocycles. The lowest BCUT2D eigenvalue weighted by atomic mass is 10.2. The van der Waals surface area contributed by atoms with Gasteiger partial charge in [0, 0.05) is 6.99 Å². The van der Waals surface area contributed by atoms with Crippen molar-refractivity contribution in [2.24, 2.45) is 0 Å². The summed E-state index contributed by atoms with van der Waals surface area (Å²) in [7, 11) is 0. The second-order valence-electron chi connectivity index (χ2n) is 2.28. The second-order valence-corrected chi connectivity index (χ2v) is 2.28. The predicted octanol–water partition coefficient (Wildman–Crippen LogP) is 3.11. The summed E-state index contributed by atoms with van der Waals surface area (Å²) in [5, 5.41) is 6.83. The third-order valence-corrected chi connectivity index (χ3v) is 1.55. The number of H-pyrrole nitrogens is 1. The molecule has 66 valence electrons.